The fourth-order valence-electron chi connectivity index (χ4n) is 6.81. The fraction of sp³-hybridized carbons (Fsp3) is 0. The molecular formula is C47H32N2O. The second-order valence-electron chi connectivity index (χ2n) is 12.4. The maximum Gasteiger partial charge on any atom is 0.227 e. The minimum atomic E-state index is 0.630. The van der Waals surface area contributed by atoms with E-state index in [0.717, 1.165) is 55.6 Å². The Hall–Kier alpha value is -6.71. The smallest absolute Gasteiger partial charge is 0.227 e. The largest absolute Gasteiger partial charge is 0.435 e. The lowest BCUT2D eigenvalue weighted by atomic mass is 10.0. The average Bonchev–Trinajstić information content (AvgIpc) is 3.64. The molecule has 50 heavy (non-hydrogen) atoms. The van der Waals surface area contributed by atoms with Crippen molar-refractivity contribution in [3.05, 3.63) is 194 Å². The van der Waals surface area contributed by atoms with Crippen molar-refractivity contribution in [2.24, 2.45) is 0 Å². The number of aromatic nitrogens is 1. The molecule has 9 aromatic rings. The van der Waals surface area contributed by atoms with Gasteiger partial charge in [0, 0.05) is 28.2 Å². The van der Waals surface area contributed by atoms with Crippen molar-refractivity contribution >= 4 is 38.9 Å². The van der Waals surface area contributed by atoms with Crippen LogP contribution in [0, 0.1) is 0 Å². The summed E-state index contributed by atoms with van der Waals surface area (Å²) in [6, 6.07) is 68.1. The Balaban J connectivity index is 1.09. The number of para-hydroxylation sites is 1. The van der Waals surface area contributed by atoms with Crippen LogP contribution < -0.4 is 4.90 Å². The molecule has 0 aliphatic rings. The molecular weight excluding hydrogens is 609 g/mol. The Morgan fingerprint density at radius 2 is 0.820 bits per heavy atom. The van der Waals surface area contributed by atoms with Gasteiger partial charge in [0.2, 0.25) is 5.89 Å². The number of fused-ring (bicyclic) bond motifs is 2. The summed E-state index contributed by atoms with van der Waals surface area (Å²) in [5.74, 6) is 0.630. The molecule has 0 atom stereocenters. The van der Waals surface area contributed by atoms with Crippen LogP contribution in [-0.4, -0.2) is 4.98 Å². The lowest BCUT2D eigenvalue weighted by molar-refractivity contribution is 0.621. The van der Waals surface area contributed by atoms with Crippen molar-refractivity contribution in [2.45, 2.75) is 0 Å². The van der Waals surface area contributed by atoms with E-state index >= 15 is 0 Å². The number of benzene rings is 8. The zero-order valence-electron chi connectivity index (χ0n) is 27.3. The van der Waals surface area contributed by atoms with Crippen molar-refractivity contribution in [1.82, 2.24) is 4.98 Å². The molecule has 236 valence electrons. The summed E-state index contributed by atoms with van der Waals surface area (Å²) < 4.78 is 6.54. The second-order valence-corrected chi connectivity index (χ2v) is 12.4. The van der Waals surface area contributed by atoms with E-state index in [1.54, 1.807) is 0 Å². The molecule has 0 bridgehead atoms. The van der Waals surface area contributed by atoms with Gasteiger partial charge < -0.3 is 9.32 Å². The highest BCUT2D eigenvalue weighted by molar-refractivity contribution is 5.97. The second kappa shape index (κ2) is 12.7. The molecule has 0 N–H and O–H groups in total. The molecule has 1 aromatic heterocycles. The lowest BCUT2D eigenvalue weighted by Crippen LogP contribution is -2.09. The third-order valence-corrected chi connectivity index (χ3v) is 9.34. The fourth-order valence-corrected chi connectivity index (χ4v) is 6.81. The summed E-state index contributed by atoms with van der Waals surface area (Å²) in [4.78, 5) is 7.23. The van der Waals surface area contributed by atoms with Gasteiger partial charge in [-0.05, 0) is 87.1 Å². The van der Waals surface area contributed by atoms with Crippen LogP contribution in [-0.2, 0) is 0 Å². The van der Waals surface area contributed by atoms with Crippen molar-refractivity contribution < 1.29 is 4.42 Å². The lowest BCUT2D eigenvalue weighted by Gasteiger charge is -2.26. The summed E-state index contributed by atoms with van der Waals surface area (Å²) in [5.41, 5.74) is 12.7. The summed E-state index contributed by atoms with van der Waals surface area (Å²) in [6.07, 6.45) is 0. The van der Waals surface area contributed by atoms with Crippen molar-refractivity contribution in [2.75, 3.05) is 4.90 Å². The zero-order chi connectivity index (χ0) is 33.3. The Morgan fingerprint density at radius 1 is 0.360 bits per heavy atom. The molecule has 0 saturated carbocycles. The first kappa shape index (κ1) is 29.4. The van der Waals surface area contributed by atoms with Gasteiger partial charge in [-0.15, -0.1) is 0 Å². The van der Waals surface area contributed by atoms with Gasteiger partial charge in [-0.2, -0.15) is 0 Å². The number of anilines is 3. The SMILES string of the molecule is c1ccc(-c2ccc(N(c3ccc(-c4ccccc4)cc3)c3ccc(-c4cccc5nc(-c6cccc7ccccc67)oc45)cc3)cc2)cc1. The molecule has 0 aliphatic carbocycles. The molecule has 3 nitrogen and oxygen atoms in total. The first-order valence-electron chi connectivity index (χ1n) is 16.9. The number of hydrogen-bond donors (Lipinski definition) is 0. The molecule has 1 heterocycles. The normalized spacial score (nSPS) is 11.2. The maximum atomic E-state index is 6.54. The summed E-state index contributed by atoms with van der Waals surface area (Å²) in [5, 5.41) is 2.29. The van der Waals surface area contributed by atoms with Crippen molar-refractivity contribution in [1.29, 1.82) is 0 Å². The molecule has 0 aliphatic heterocycles. The van der Waals surface area contributed by atoms with Crippen LogP contribution in [0.2, 0.25) is 0 Å². The highest BCUT2D eigenvalue weighted by Gasteiger charge is 2.17. The average molecular weight is 641 g/mol. The van der Waals surface area contributed by atoms with Gasteiger partial charge in [0.1, 0.15) is 5.52 Å². The molecule has 0 spiro atoms. The zero-order valence-corrected chi connectivity index (χ0v) is 27.3. The first-order valence-corrected chi connectivity index (χ1v) is 16.9. The predicted octanol–water partition coefficient (Wildman–Crippen LogP) is 13.1. The Morgan fingerprint density at radius 3 is 1.42 bits per heavy atom. The van der Waals surface area contributed by atoms with Crippen LogP contribution >= 0.6 is 0 Å². The summed E-state index contributed by atoms with van der Waals surface area (Å²) >= 11 is 0. The first-order chi connectivity index (χ1) is 24.8. The molecule has 0 amide bonds. The number of rotatable bonds is 7. The molecule has 0 unspecified atom stereocenters. The monoisotopic (exact) mass is 640 g/mol. The van der Waals surface area contributed by atoms with Crippen molar-refractivity contribution in [3.8, 4) is 44.8 Å². The van der Waals surface area contributed by atoms with Crippen LogP contribution in [0.4, 0.5) is 17.1 Å². The van der Waals surface area contributed by atoms with Gasteiger partial charge in [-0.1, -0.05) is 146 Å². The Kier molecular flexibility index (Phi) is 7.49. The van der Waals surface area contributed by atoms with E-state index in [2.05, 4.69) is 193 Å². The van der Waals surface area contributed by atoms with E-state index in [9.17, 15) is 0 Å². The van der Waals surface area contributed by atoms with Gasteiger partial charge in [-0.3, -0.25) is 0 Å². The topological polar surface area (TPSA) is 29.3 Å². The molecule has 8 aromatic carbocycles. The van der Waals surface area contributed by atoms with Crippen LogP contribution in [0.3, 0.4) is 0 Å². The minimum absolute atomic E-state index is 0.630. The third kappa shape index (κ3) is 5.51. The van der Waals surface area contributed by atoms with E-state index in [0.29, 0.717) is 5.89 Å². The van der Waals surface area contributed by atoms with Crippen LogP contribution in [0.5, 0.6) is 0 Å². The quantitative estimate of drug-likeness (QED) is 0.174. The van der Waals surface area contributed by atoms with Gasteiger partial charge in [0.05, 0.1) is 0 Å². The van der Waals surface area contributed by atoms with Gasteiger partial charge in [0.15, 0.2) is 5.58 Å². The van der Waals surface area contributed by atoms with Gasteiger partial charge in [0.25, 0.3) is 0 Å². The van der Waals surface area contributed by atoms with Crippen molar-refractivity contribution in [3.63, 3.8) is 0 Å². The van der Waals surface area contributed by atoms with E-state index < -0.39 is 0 Å². The molecule has 0 radical (unpaired) electrons. The molecule has 0 fully saturated rings. The van der Waals surface area contributed by atoms with E-state index in [1.165, 1.54) is 22.3 Å². The highest BCUT2D eigenvalue weighted by Crippen LogP contribution is 2.39. The van der Waals surface area contributed by atoms with Crippen LogP contribution in [0.15, 0.2) is 199 Å². The maximum absolute atomic E-state index is 6.54. The number of oxazole rings is 1. The number of nitrogens with zero attached hydrogens (tertiary/aromatic N) is 2. The Labute approximate surface area is 291 Å². The van der Waals surface area contributed by atoms with Gasteiger partial charge in [-0.25, -0.2) is 4.98 Å². The highest BCUT2D eigenvalue weighted by atomic mass is 16.3. The summed E-state index contributed by atoms with van der Waals surface area (Å²) in [6.45, 7) is 0. The third-order valence-electron chi connectivity index (χ3n) is 9.34. The standard InChI is InChI=1S/C47H32N2O/c1-3-11-33(12-4-1)35-21-27-39(28-22-35)49(40-29-23-36(24-30-40)34-13-5-2-6-14-34)41-31-25-38(26-32-41)43-18-10-20-45-46(43)50-47(48-45)44-19-9-16-37-15-7-8-17-42(37)44/h1-32H. The molecule has 0 saturated heterocycles. The van der Waals surface area contributed by atoms with E-state index in [4.69, 9.17) is 9.40 Å². The van der Waals surface area contributed by atoms with Crippen LogP contribution in [0.1, 0.15) is 0 Å². The minimum Gasteiger partial charge on any atom is -0.435 e. The van der Waals surface area contributed by atoms with E-state index in [-0.39, 0.29) is 0 Å². The Bertz CT molecular complexity index is 2470. The number of hydrogen-bond acceptors (Lipinski definition) is 3. The predicted molar refractivity (Wildman–Crippen MR) is 208 cm³/mol. The molecule has 9 rings (SSSR count). The van der Waals surface area contributed by atoms with E-state index in [1.807, 2.05) is 6.07 Å². The van der Waals surface area contributed by atoms with Crippen LogP contribution in [0.25, 0.3) is 66.7 Å². The molecule has 3 heteroatoms. The van der Waals surface area contributed by atoms with Gasteiger partial charge >= 0.3 is 0 Å². The summed E-state index contributed by atoms with van der Waals surface area (Å²) in [7, 11) is 0.